The summed E-state index contributed by atoms with van der Waals surface area (Å²) in [7, 11) is 2.77. The second-order valence-electron chi connectivity index (χ2n) is 4.26. The van der Waals surface area contributed by atoms with Crippen molar-refractivity contribution in [3.8, 4) is 0 Å². The normalized spacial score (nSPS) is 23.1. The molecule has 1 saturated heterocycles. The number of carbonyl (C=O) groups is 1. The molecule has 0 bridgehead atoms. The van der Waals surface area contributed by atoms with Crippen LogP contribution in [-0.2, 0) is 23.7 Å². The number of carbonyl (C=O) groups excluding carboxylic acids is 1. The van der Waals surface area contributed by atoms with E-state index < -0.39 is 30.7 Å². The highest BCUT2D eigenvalue weighted by Crippen LogP contribution is 2.31. The molecular weight excluding hydrogens is 283 g/mol. The van der Waals surface area contributed by atoms with Gasteiger partial charge < -0.3 is 23.8 Å². The summed E-state index contributed by atoms with van der Waals surface area (Å²) in [4.78, 5) is 12.9. The SMILES string of the molecule is COCOCN1C(=O)[C@H](OCOC)[C@@H]1CCC(F)(F)F. The Morgan fingerprint density at radius 3 is 2.40 bits per heavy atom. The number of alkyl halides is 3. The first-order chi connectivity index (χ1) is 9.40. The number of hydrogen-bond donors (Lipinski definition) is 0. The van der Waals surface area contributed by atoms with E-state index in [0.29, 0.717) is 0 Å². The van der Waals surface area contributed by atoms with E-state index in [-0.39, 0.29) is 26.7 Å². The predicted octanol–water partition coefficient (Wildman–Crippen LogP) is 1.11. The van der Waals surface area contributed by atoms with Crippen LogP contribution in [0.2, 0.25) is 0 Å². The summed E-state index contributed by atoms with van der Waals surface area (Å²) in [5.74, 6) is -0.412. The molecule has 20 heavy (non-hydrogen) atoms. The average Bonchev–Trinajstić information content (AvgIpc) is 2.37. The van der Waals surface area contributed by atoms with Gasteiger partial charge in [0, 0.05) is 20.6 Å². The zero-order chi connectivity index (χ0) is 15.2. The van der Waals surface area contributed by atoms with Crippen molar-refractivity contribution < 1.29 is 36.9 Å². The van der Waals surface area contributed by atoms with E-state index >= 15 is 0 Å². The fourth-order valence-electron chi connectivity index (χ4n) is 1.89. The first-order valence-electron chi connectivity index (χ1n) is 5.95. The minimum absolute atomic E-state index is 0.0423. The van der Waals surface area contributed by atoms with Crippen molar-refractivity contribution in [3.63, 3.8) is 0 Å². The summed E-state index contributed by atoms with van der Waals surface area (Å²) in [5, 5.41) is 0. The molecule has 0 aromatic rings. The van der Waals surface area contributed by atoms with E-state index in [1.807, 2.05) is 0 Å². The number of β-lactam (4-membered cyclic amide) rings is 1. The van der Waals surface area contributed by atoms with Crippen LogP contribution < -0.4 is 0 Å². The third-order valence-electron chi connectivity index (χ3n) is 2.80. The highest BCUT2D eigenvalue weighted by Gasteiger charge is 2.49. The highest BCUT2D eigenvalue weighted by atomic mass is 19.4. The van der Waals surface area contributed by atoms with Crippen molar-refractivity contribution in [3.05, 3.63) is 0 Å². The third kappa shape index (κ3) is 4.89. The van der Waals surface area contributed by atoms with Gasteiger partial charge in [0.15, 0.2) is 6.10 Å². The van der Waals surface area contributed by atoms with Crippen LogP contribution in [0.1, 0.15) is 12.8 Å². The van der Waals surface area contributed by atoms with E-state index in [1.165, 1.54) is 19.1 Å². The van der Waals surface area contributed by atoms with Gasteiger partial charge in [-0.05, 0) is 6.42 Å². The Labute approximate surface area is 114 Å². The monoisotopic (exact) mass is 301 g/mol. The standard InChI is InChI=1S/C11H18F3NO5/c1-17-6-19-5-15-8(3-4-11(12,13)14)9(10(15)16)20-7-18-2/h8-9H,3-7H2,1-2H3/t8-,9+/m0/s1. The second kappa shape index (κ2) is 7.77. The van der Waals surface area contributed by atoms with Gasteiger partial charge in [0.1, 0.15) is 20.3 Å². The molecule has 2 atom stereocenters. The maximum absolute atomic E-state index is 12.3. The number of amides is 1. The maximum Gasteiger partial charge on any atom is 0.389 e. The van der Waals surface area contributed by atoms with Gasteiger partial charge in [0.25, 0.3) is 5.91 Å². The lowest BCUT2D eigenvalue weighted by atomic mass is 9.94. The lowest BCUT2D eigenvalue weighted by molar-refractivity contribution is -0.208. The Morgan fingerprint density at radius 2 is 1.85 bits per heavy atom. The van der Waals surface area contributed by atoms with Crippen LogP contribution in [0.3, 0.4) is 0 Å². The molecule has 1 aliphatic rings. The number of rotatable bonds is 9. The summed E-state index contributed by atoms with van der Waals surface area (Å²) in [6.45, 7) is -0.312. The largest absolute Gasteiger partial charge is 0.389 e. The third-order valence-corrected chi connectivity index (χ3v) is 2.80. The topological polar surface area (TPSA) is 57.2 Å². The van der Waals surface area contributed by atoms with Gasteiger partial charge in [-0.25, -0.2) is 0 Å². The molecule has 0 aromatic carbocycles. The molecule has 6 nitrogen and oxygen atoms in total. The van der Waals surface area contributed by atoms with Crippen molar-refractivity contribution in [2.75, 3.05) is 34.5 Å². The van der Waals surface area contributed by atoms with Crippen molar-refractivity contribution in [2.24, 2.45) is 0 Å². The van der Waals surface area contributed by atoms with Crippen LogP contribution >= 0.6 is 0 Å². The molecular formula is C11H18F3NO5. The molecule has 1 aliphatic heterocycles. The quantitative estimate of drug-likeness (QED) is 0.363. The molecule has 0 N–H and O–H groups in total. The molecule has 0 radical (unpaired) electrons. The van der Waals surface area contributed by atoms with Crippen LogP contribution in [-0.4, -0.2) is 63.7 Å². The van der Waals surface area contributed by atoms with E-state index in [2.05, 4.69) is 9.47 Å². The number of halogens is 3. The molecule has 1 rings (SSSR count). The molecule has 0 aliphatic carbocycles. The smallest absolute Gasteiger partial charge is 0.359 e. The molecule has 0 unspecified atom stereocenters. The minimum Gasteiger partial charge on any atom is -0.359 e. The number of methoxy groups -OCH3 is 2. The first kappa shape index (κ1) is 17.2. The summed E-state index contributed by atoms with van der Waals surface area (Å²) < 4.78 is 56.2. The van der Waals surface area contributed by atoms with E-state index in [0.717, 1.165) is 0 Å². The minimum atomic E-state index is -4.27. The molecule has 0 saturated carbocycles. The number of nitrogens with zero attached hydrogens (tertiary/aromatic N) is 1. The van der Waals surface area contributed by atoms with Crippen LogP contribution in [0.5, 0.6) is 0 Å². The molecule has 9 heteroatoms. The molecule has 1 amide bonds. The molecule has 1 fully saturated rings. The Hall–Kier alpha value is -0.900. The van der Waals surface area contributed by atoms with Gasteiger partial charge in [-0.15, -0.1) is 0 Å². The lowest BCUT2D eigenvalue weighted by Crippen LogP contribution is -2.66. The zero-order valence-electron chi connectivity index (χ0n) is 11.3. The van der Waals surface area contributed by atoms with Crippen LogP contribution in [0, 0.1) is 0 Å². The summed E-state index contributed by atoms with van der Waals surface area (Å²) in [6, 6.07) is -0.670. The Morgan fingerprint density at radius 1 is 1.20 bits per heavy atom. The number of hydrogen-bond acceptors (Lipinski definition) is 5. The van der Waals surface area contributed by atoms with Crippen LogP contribution in [0.4, 0.5) is 13.2 Å². The Balaban J connectivity index is 2.51. The van der Waals surface area contributed by atoms with Crippen LogP contribution in [0.15, 0.2) is 0 Å². The van der Waals surface area contributed by atoms with Crippen molar-refractivity contribution in [1.29, 1.82) is 0 Å². The summed E-state index contributed by atoms with van der Waals surface area (Å²) in [5.41, 5.74) is 0. The molecule has 0 spiro atoms. The van der Waals surface area contributed by atoms with Crippen molar-refractivity contribution >= 4 is 5.91 Å². The number of likely N-dealkylation sites (tertiary alicyclic amines) is 1. The lowest BCUT2D eigenvalue weighted by Gasteiger charge is -2.46. The number of ether oxygens (including phenoxy) is 4. The summed E-state index contributed by atoms with van der Waals surface area (Å²) >= 11 is 0. The van der Waals surface area contributed by atoms with Crippen LogP contribution in [0.25, 0.3) is 0 Å². The van der Waals surface area contributed by atoms with Gasteiger partial charge >= 0.3 is 6.18 Å². The predicted molar refractivity (Wildman–Crippen MR) is 60.5 cm³/mol. The van der Waals surface area contributed by atoms with E-state index in [4.69, 9.17) is 9.47 Å². The fourth-order valence-corrected chi connectivity index (χ4v) is 1.89. The van der Waals surface area contributed by atoms with Crippen molar-refractivity contribution in [2.45, 2.75) is 31.2 Å². The van der Waals surface area contributed by atoms with Gasteiger partial charge in [0.2, 0.25) is 0 Å². The molecule has 1 heterocycles. The van der Waals surface area contributed by atoms with Gasteiger partial charge in [-0.3, -0.25) is 4.79 Å². The maximum atomic E-state index is 12.3. The fraction of sp³-hybridized carbons (Fsp3) is 0.909. The van der Waals surface area contributed by atoms with Gasteiger partial charge in [-0.1, -0.05) is 0 Å². The van der Waals surface area contributed by atoms with Crippen molar-refractivity contribution in [1.82, 2.24) is 4.90 Å². The Bertz CT molecular complexity index is 313. The molecule has 0 aromatic heterocycles. The average molecular weight is 301 g/mol. The highest BCUT2D eigenvalue weighted by molar-refractivity contribution is 5.88. The Kier molecular flexibility index (Phi) is 6.66. The molecule has 118 valence electrons. The summed E-state index contributed by atoms with van der Waals surface area (Å²) in [6.07, 6.45) is -6.41. The van der Waals surface area contributed by atoms with Gasteiger partial charge in [0.05, 0.1) is 6.04 Å². The zero-order valence-corrected chi connectivity index (χ0v) is 11.3. The second-order valence-corrected chi connectivity index (χ2v) is 4.26. The van der Waals surface area contributed by atoms with Gasteiger partial charge in [-0.2, -0.15) is 13.2 Å². The van der Waals surface area contributed by atoms with E-state index in [1.54, 1.807) is 0 Å². The first-order valence-corrected chi connectivity index (χ1v) is 5.95. The van der Waals surface area contributed by atoms with E-state index in [9.17, 15) is 18.0 Å².